The van der Waals surface area contributed by atoms with Crippen molar-refractivity contribution in [3.05, 3.63) is 37.7 Å². The van der Waals surface area contributed by atoms with Crippen LogP contribution in [-0.2, 0) is 24.7 Å². The van der Waals surface area contributed by atoms with Gasteiger partial charge in [0.1, 0.15) is 0 Å². The molecule has 0 N–H and O–H groups in total. The van der Waals surface area contributed by atoms with Crippen LogP contribution in [0.15, 0.2) is 21.2 Å². The predicted octanol–water partition coefficient (Wildman–Crippen LogP) is -2.44. The van der Waals surface area contributed by atoms with Crippen LogP contribution in [0.25, 0.3) is 5.57 Å². The number of hydrogen-bond donors (Lipinski definition) is 0. The minimum absolute atomic E-state index is 0. The van der Waals surface area contributed by atoms with Gasteiger partial charge in [0.2, 0.25) is 0 Å². The summed E-state index contributed by atoms with van der Waals surface area (Å²) in [5, 5.41) is 1.60. The Labute approximate surface area is 120 Å². The van der Waals surface area contributed by atoms with Gasteiger partial charge in [-0.3, -0.25) is 0 Å². The molecule has 2 rings (SSSR count). The van der Waals surface area contributed by atoms with E-state index in [0.717, 1.165) is 8.19 Å². The first-order valence-corrected chi connectivity index (χ1v) is 6.77. The van der Waals surface area contributed by atoms with Gasteiger partial charge in [0.05, 0.1) is 0 Å². The van der Waals surface area contributed by atoms with E-state index < -0.39 is 0 Å². The molecule has 1 aliphatic carbocycles. The summed E-state index contributed by atoms with van der Waals surface area (Å²) in [6.45, 7) is 4.47. The van der Waals surface area contributed by atoms with Crippen molar-refractivity contribution < 1.29 is 49.5 Å². The zero-order valence-corrected chi connectivity index (χ0v) is 13.7. The summed E-state index contributed by atoms with van der Waals surface area (Å²) < 4.78 is 1.62. The van der Waals surface area contributed by atoms with Crippen molar-refractivity contribution in [1.29, 1.82) is 0 Å². The topological polar surface area (TPSA) is 0 Å². The van der Waals surface area contributed by atoms with E-state index in [1.165, 1.54) is 17.5 Å². The Morgan fingerprint density at radius 3 is 2.33 bits per heavy atom. The molecule has 0 saturated heterocycles. The predicted molar refractivity (Wildman–Crippen MR) is 56.1 cm³/mol. The smallest absolute Gasteiger partial charge is 1.00 e. The van der Waals surface area contributed by atoms with Crippen LogP contribution in [0, 0.1) is 13.8 Å². The maximum atomic E-state index is 2.37. The number of hydrogen-bond acceptors (Lipinski definition) is 0. The van der Waals surface area contributed by atoms with E-state index in [2.05, 4.69) is 31.8 Å². The largest absolute Gasteiger partial charge is 1.00 e. The third kappa shape index (κ3) is 3.10. The third-order valence-electron chi connectivity index (χ3n) is 2.60. The molecule has 1 heterocycles. The molecule has 1 aromatic heterocycles. The standard InChI is InChI=1S/C11H12P.2ClH.Zr/c1-8-7-12-11(9(8)2)10-5-3-4-6-10;;;/h3,5,7,12H,4H2,1-2H3;2*1H;/q;;;+2/p-2. The van der Waals surface area contributed by atoms with Crippen LogP contribution in [0.4, 0.5) is 0 Å². The van der Waals surface area contributed by atoms with Gasteiger partial charge in [-0.2, -0.15) is 0 Å². The van der Waals surface area contributed by atoms with E-state index in [0.29, 0.717) is 0 Å². The third-order valence-corrected chi connectivity index (χ3v) is 5.27. The average Bonchev–Trinajstić information content (AvgIpc) is 2.62. The molecule has 0 aromatic carbocycles. The van der Waals surface area contributed by atoms with Crippen LogP contribution in [0.2, 0.25) is 0 Å². The van der Waals surface area contributed by atoms with Gasteiger partial charge in [0, 0.05) is 0 Å². The van der Waals surface area contributed by atoms with E-state index in [1.807, 2.05) is 0 Å². The summed E-state index contributed by atoms with van der Waals surface area (Å²) in [4.78, 5) is 0. The van der Waals surface area contributed by atoms with E-state index >= 15 is 0 Å². The van der Waals surface area contributed by atoms with Gasteiger partial charge >= 0.3 is 96.4 Å². The van der Waals surface area contributed by atoms with E-state index in [9.17, 15) is 0 Å². The molecule has 0 spiro atoms. The normalized spacial score (nSPS) is 14.4. The molecule has 79 valence electrons. The van der Waals surface area contributed by atoms with Crippen molar-refractivity contribution in [3.8, 4) is 0 Å². The second kappa shape index (κ2) is 6.46. The molecule has 15 heavy (non-hydrogen) atoms. The Morgan fingerprint density at radius 2 is 1.93 bits per heavy atom. The van der Waals surface area contributed by atoms with Gasteiger partial charge in [0.25, 0.3) is 0 Å². The molecule has 1 atom stereocenters. The summed E-state index contributed by atoms with van der Waals surface area (Å²) in [5.74, 6) is 2.37. The Balaban J connectivity index is 0.000000980. The molecule has 0 nitrogen and oxygen atoms in total. The first-order chi connectivity index (χ1) is 6.20. The molecule has 0 radical (unpaired) electrons. The monoisotopic (exact) mass is 335 g/mol. The van der Waals surface area contributed by atoms with Crippen LogP contribution < -0.4 is 24.8 Å². The number of allylic oxidation sites excluding steroid dienone is 4. The van der Waals surface area contributed by atoms with Crippen molar-refractivity contribution in [1.82, 2.24) is 0 Å². The van der Waals surface area contributed by atoms with Gasteiger partial charge in [0.15, 0.2) is 0 Å². The fourth-order valence-corrected chi connectivity index (χ4v) is 4.10. The summed E-state index contributed by atoms with van der Waals surface area (Å²) in [6.07, 6.45) is 5.79. The average molecular weight is 337 g/mol. The molecular weight excluding hydrogens is 325 g/mol. The fourth-order valence-electron chi connectivity index (χ4n) is 1.61. The number of rotatable bonds is 1. The minimum Gasteiger partial charge on any atom is -1.00 e. The fraction of sp³-hybridized carbons (Fsp3) is 0.273. The first-order valence-electron chi connectivity index (χ1n) is 4.46. The Kier molecular flexibility index (Phi) is 6.77. The van der Waals surface area contributed by atoms with Gasteiger partial charge in [-0.25, -0.2) is 0 Å². The summed E-state index contributed by atoms with van der Waals surface area (Å²) in [7, 11) is 0.903. The van der Waals surface area contributed by atoms with Crippen LogP contribution in [0.1, 0.15) is 22.8 Å². The number of halogens is 2. The second-order valence-electron chi connectivity index (χ2n) is 3.47. The Morgan fingerprint density at radius 1 is 1.27 bits per heavy atom. The van der Waals surface area contributed by atoms with E-state index in [4.69, 9.17) is 0 Å². The van der Waals surface area contributed by atoms with Gasteiger partial charge in [-0.05, 0) is 0 Å². The van der Waals surface area contributed by atoms with E-state index in [-0.39, 0.29) is 24.8 Å². The summed E-state index contributed by atoms with van der Waals surface area (Å²) >= 11 is 1.58. The zero-order chi connectivity index (χ0) is 9.42. The molecule has 0 amide bonds. The Bertz CT molecular complexity index is 405. The maximum Gasteiger partial charge on any atom is -1.00 e. The second-order valence-corrected chi connectivity index (χ2v) is 6.03. The SMILES string of the molecule is Cc1c[pH]c(C2=[C]([Zr+2])CC=C2)c1C.[Cl-].[Cl-]. The number of aryl methyl sites for hydroxylation is 1. The van der Waals surface area contributed by atoms with Crippen LogP contribution >= 0.6 is 8.19 Å². The van der Waals surface area contributed by atoms with Gasteiger partial charge < -0.3 is 24.8 Å². The zero-order valence-electron chi connectivity index (χ0n) is 8.70. The van der Waals surface area contributed by atoms with Gasteiger partial charge in [-0.15, -0.1) is 0 Å². The molecule has 4 heteroatoms. The quantitative estimate of drug-likeness (QED) is 0.534. The van der Waals surface area contributed by atoms with Crippen molar-refractivity contribution in [2.75, 3.05) is 0 Å². The van der Waals surface area contributed by atoms with Crippen molar-refractivity contribution >= 4 is 13.8 Å². The van der Waals surface area contributed by atoms with Crippen LogP contribution in [-0.4, -0.2) is 0 Å². The summed E-state index contributed by atoms with van der Waals surface area (Å²) in [5.41, 5.74) is 4.53. The van der Waals surface area contributed by atoms with E-state index in [1.54, 1.807) is 38.9 Å². The molecule has 1 aromatic rings. The van der Waals surface area contributed by atoms with Crippen LogP contribution in [0.3, 0.4) is 0 Å². The summed E-state index contributed by atoms with van der Waals surface area (Å²) in [6, 6.07) is 0. The van der Waals surface area contributed by atoms with Crippen molar-refractivity contribution in [2.24, 2.45) is 0 Å². The van der Waals surface area contributed by atoms with Crippen LogP contribution in [0.5, 0.6) is 0 Å². The molecule has 0 saturated carbocycles. The van der Waals surface area contributed by atoms with Crippen molar-refractivity contribution in [2.45, 2.75) is 20.3 Å². The first kappa shape index (κ1) is 15.7. The molecule has 0 bridgehead atoms. The molecular formula is C11H12Cl2PZr. The molecule has 1 aliphatic rings. The molecule has 0 fully saturated rings. The minimum atomic E-state index is 0. The molecule has 1 unspecified atom stereocenters. The molecule has 0 aliphatic heterocycles. The maximum absolute atomic E-state index is 2.37. The van der Waals surface area contributed by atoms with Gasteiger partial charge in [-0.1, -0.05) is 0 Å². The van der Waals surface area contributed by atoms with Crippen molar-refractivity contribution in [3.63, 3.8) is 0 Å². The Hall–Kier alpha value is 0.723.